The molecule has 2 atom stereocenters. The highest BCUT2D eigenvalue weighted by Gasteiger charge is 2.24. The number of anilines is 4. The molecule has 0 saturated carbocycles. The van der Waals surface area contributed by atoms with Crippen LogP contribution in [0, 0.1) is 29.4 Å². The van der Waals surface area contributed by atoms with E-state index < -0.39 is 8.07 Å². The van der Waals surface area contributed by atoms with Crippen LogP contribution in [0.25, 0.3) is 22.6 Å². The number of aromatic nitrogens is 10. The number of halogens is 3. The van der Waals surface area contributed by atoms with Gasteiger partial charge in [-0.3, -0.25) is 28.2 Å². The first-order chi connectivity index (χ1) is 32.8. The molecule has 3 aliphatic rings. The lowest BCUT2D eigenvalue weighted by Crippen LogP contribution is -2.33. The van der Waals surface area contributed by atoms with Crippen molar-refractivity contribution in [3.05, 3.63) is 75.8 Å². The minimum atomic E-state index is -1.16. The molecule has 10 heterocycles. The molecular weight excluding hydrogens is 1100 g/mol. The van der Waals surface area contributed by atoms with Crippen LogP contribution >= 0.6 is 70.5 Å². The van der Waals surface area contributed by atoms with Crippen molar-refractivity contribution in [1.29, 1.82) is 0 Å². The number of nitrogens with zero attached hydrogens (tertiary/aromatic N) is 13. The van der Waals surface area contributed by atoms with E-state index in [2.05, 4.69) is 116 Å². The third kappa shape index (κ3) is 14.0. The molecular formula is C47H67Cl2IN14O3S2Si. The SMILES string of the molecule is Cc1cn2c(-c3cnn(CC4OCCO4)c3)cnc2c(Nc2cc(CN3CCCC(C)C3)ns2)n1.Cc1cn2c(I)cnc2c(N(COCC[Si](C)(C)C)c2cc(CN3CCCC(C)C3)ns2)n1.Cl.Cl. The Hall–Kier alpha value is -3.36. The lowest BCUT2D eigenvalue weighted by atomic mass is 10.0. The molecule has 0 aromatic carbocycles. The van der Waals surface area contributed by atoms with Crippen LogP contribution in [0.3, 0.4) is 0 Å². The van der Waals surface area contributed by atoms with Crippen LogP contribution in [0.4, 0.5) is 21.6 Å². The minimum Gasteiger partial charge on any atom is -0.361 e. The second-order valence-electron chi connectivity index (χ2n) is 19.9. The summed E-state index contributed by atoms with van der Waals surface area (Å²) < 4.78 is 33.9. The van der Waals surface area contributed by atoms with E-state index in [1.165, 1.54) is 48.7 Å². The minimum absolute atomic E-state index is 0. The largest absolute Gasteiger partial charge is 0.361 e. The van der Waals surface area contributed by atoms with Gasteiger partial charge in [0.15, 0.2) is 29.2 Å². The third-order valence-corrected chi connectivity index (χ3v) is 16.6. The summed E-state index contributed by atoms with van der Waals surface area (Å²) in [6, 6.07) is 5.48. The fraction of sp³-hybridized carbons (Fsp3) is 0.553. The lowest BCUT2D eigenvalue weighted by molar-refractivity contribution is -0.0545. The Morgan fingerprint density at radius 3 is 2.19 bits per heavy atom. The Kier molecular flexibility index (Phi) is 19.1. The van der Waals surface area contributed by atoms with E-state index in [4.69, 9.17) is 28.6 Å². The number of piperidine rings is 2. The molecule has 7 aromatic rings. The Morgan fingerprint density at radius 1 is 0.829 bits per heavy atom. The molecule has 0 radical (unpaired) electrons. The van der Waals surface area contributed by atoms with Gasteiger partial charge in [0.1, 0.15) is 20.4 Å². The Morgan fingerprint density at radius 2 is 1.49 bits per heavy atom. The Bertz CT molecular complexity index is 2770. The molecule has 70 heavy (non-hydrogen) atoms. The van der Waals surface area contributed by atoms with Crippen molar-refractivity contribution < 1.29 is 14.2 Å². The molecule has 0 spiro atoms. The zero-order valence-corrected chi connectivity index (χ0v) is 47.6. The van der Waals surface area contributed by atoms with Gasteiger partial charge in [-0.05, 0) is 128 Å². The first-order valence-corrected chi connectivity index (χ1v) is 30.2. The van der Waals surface area contributed by atoms with Crippen LogP contribution in [0.5, 0.6) is 0 Å². The van der Waals surface area contributed by atoms with Crippen LogP contribution in [0.1, 0.15) is 62.3 Å². The van der Waals surface area contributed by atoms with Gasteiger partial charge in [0.2, 0.25) is 0 Å². The van der Waals surface area contributed by atoms with Gasteiger partial charge >= 0.3 is 0 Å². The molecule has 3 saturated heterocycles. The second-order valence-corrected chi connectivity index (χ2v) is 28.2. The number of fused-ring (bicyclic) bond motifs is 2. The zero-order valence-electron chi connectivity index (χ0n) is 41.2. The summed E-state index contributed by atoms with van der Waals surface area (Å²) in [5, 5.41) is 9.97. The van der Waals surface area contributed by atoms with E-state index in [-0.39, 0.29) is 31.1 Å². The van der Waals surface area contributed by atoms with Gasteiger partial charge in [-0.25, -0.2) is 19.9 Å². The molecule has 3 fully saturated rings. The highest BCUT2D eigenvalue weighted by molar-refractivity contribution is 14.1. The van der Waals surface area contributed by atoms with Gasteiger partial charge in [0.05, 0.1) is 66.8 Å². The number of likely N-dealkylation sites (tertiary alicyclic amines) is 2. The van der Waals surface area contributed by atoms with E-state index >= 15 is 0 Å². The van der Waals surface area contributed by atoms with Gasteiger partial charge in [-0.2, -0.15) is 13.8 Å². The molecule has 17 nitrogen and oxygen atoms in total. The van der Waals surface area contributed by atoms with Gasteiger partial charge in [0, 0.05) is 65.0 Å². The Balaban J connectivity index is 0.000000201. The van der Waals surface area contributed by atoms with Crippen molar-refractivity contribution in [2.45, 2.75) is 105 Å². The quantitative estimate of drug-likeness (QED) is 0.0423. The van der Waals surface area contributed by atoms with Crippen molar-refractivity contribution in [2.24, 2.45) is 11.8 Å². The number of rotatable bonds is 16. The van der Waals surface area contributed by atoms with E-state index in [0.29, 0.717) is 26.5 Å². The standard InChI is InChI=1S/C24H30N8O2S.C23H35IN6OSSi.2ClH/c1-16-4-3-5-30(11-16)14-19-8-21(35-29-19)28-23-24-25-10-20(32(24)12-17(2)27-23)18-9-26-31(13-18)15-22-33-6-7-34-22;1-17-7-6-8-28(13-17)15-19-11-21(32-27-19)30(16-31-9-10-33(3,4)5)23-22-25-12-20(24)29(22)14-18(2)26-23;;/h8-10,12-13,16,22H,3-7,11,14-15H2,1-2H3,(H,27,28);11-12,14,17H,6-10,13,15-16H2,1-5H3;2*1H. The normalized spacial score (nSPS) is 18.2. The second kappa shape index (κ2) is 24.6. The molecule has 3 aliphatic heterocycles. The van der Waals surface area contributed by atoms with Crippen LogP contribution in [-0.4, -0.2) is 124 Å². The van der Waals surface area contributed by atoms with Gasteiger partial charge in [-0.15, -0.1) is 24.8 Å². The topological polar surface area (TPSA) is 153 Å². The van der Waals surface area contributed by atoms with Gasteiger partial charge in [0.25, 0.3) is 0 Å². The zero-order chi connectivity index (χ0) is 47.4. The molecule has 0 aliphatic carbocycles. The van der Waals surface area contributed by atoms with Crippen molar-refractivity contribution >= 4 is 111 Å². The summed E-state index contributed by atoms with van der Waals surface area (Å²) in [6.45, 7) is 25.3. The number of aryl methyl sites for hydroxylation is 2. The first kappa shape index (κ1) is 54.4. The molecule has 10 rings (SSSR count). The first-order valence-electron chi connectivity index (χ1n) is 23.9. The highest BCUT2D eigenvalue weighted by atomic mass is 127. The summed E-state index contributed by atoms with van der Waals surface area (Å²) in [4.78, 5) is 26.1. The molecule has 2 unspecified atom stereocenters. The van der Waals surface area contributed by atoms with Crippen LogP contribution < -0.4 is 10.2 Å². The van der Waals surface area contributed by atoms with Crippen LogP contribution in [0.2, 0.25) is 25.7 Å². The predicted molar refractivity (Wildman–Crippen MR) is 296 cm³/mol. The van der Waals surface area contributed by atoms with E-state index in [0.717, 1.165) is 134 Å². The molecule has 7 aromatic heterocycles. The predicted octanol–water partition coefficient (Wildman–Crippen LogP) is 10.3. The lowest BCUT2D eigenvalue weighted by Gasteiger charge is -2.30. The molecule has 1 N–H and O–H groups in total. The Labute approximate surface area is 446 Å². The molecule has 0 amide bonds. The average Bonchev–Trinajstić information content (AvgIpc) is 4.16. The number of ether oxygens (including phenoxy) is 3. The summed E-state index contributed by atoms with van der Waals surface area (Å²) in [7, 11) is -1.16. The summed E-state index contributed by atoms with van der Waals surface area (Å²) >= 11 is 5.31. The van der Waals surface area contributed by atoms with E-state index in [1.807, 2.05) is 55.7 Å². The molecule has 23 heteroatoms. The van der Waals surface area contributed by atoms with Crippen LogP contribution in [-0.2, 0) is 33.8 Å². The van der Waals surface area contributed by atoms with Crippen molar-refractivity contribution in [3.8, 4) is 11.3 Å². The average molecular weight is 1170 g/mol. The number of hydrogen-bond donors (Lipinski definition) is 1. The smallest absolute Gasteiger partial charge is 0.181 e. The fourth-order valence-corrected chi connectivity index (χ4v) is 11.7. The fourth-order valence-electron chi connectivity index (χ4n) is 9.06. The van der Waals surface area contributed by atoms with E-state index in [9.17, 15) is 0 Å². The monoisotopic (exact) mass is 1160 g/mol. The maximum absolute atomic E-state index is 6.20. The number of nitrogens with one attached hydrogen (secondary N) is 1. The van der Waals surface area contributed by atoms with Gasteiger partial charge in [-0.1, -0.05) is 33.5 Å². The van der Waals surface area contributed by atoms with E-state index in [1.54, 1.807) is 0 Å². The number of hydrogen-bond acceptors (Lipinski definition) is 16. The van der Waals surface area contributed by atoms with Crippen molar-refractivity contribution in [3.63, 3.8) is 0 Å². The third-order valence-electron chi connectivity index (χ3n) is 12.5. The summed E-state index contributed by atoms with van der Waals surface area (Å²) in [5.74, 6) is 3.07. The summed E-state index contributed by atoms with van der Waals surface area (Å²) in [6.07, 6.45) is 16.6. The van der Waals surface area contributed by atoms with Crippen molar-refractivity contribution in [2.75, 3.05) is 62.9 Å². The number of imidazole rings is 2. The van der Waals surface area contributed by atoms with Crippen molar-refractivity contribution in [1.82, 2.24) is 57.1 Å². The van der Waals surface area contributed by atoms with Gasteiger partial charge < -0.3 is 19.5 Å². The molecule has 380 valence electrons. The molecule has 0 bridgehead atoms. The van der Waals surface area contributed by atoms with Crippen LogP contribution in [0.15, 0.2) is 49.3 Å². The maximum Gasteiger partial charge on any atom is 0.181 e. The maximum atomic E-state index is 6.20. The summed E-state index contributed by atoms with van der Waals surface area (Å²) in [5.41, 5.74) is 7.61. The highest BCUT2D eigenvalue weighted by Crippen LogP contribution is 2.33.